The van der Waals surface area contributed by atoms with Crippen molar-refractivity contribution in [2.75, 3.05) is 5.32 Å². The molecule has 0 fully saturated rings. The van der Waals surface area contributed by atoms with E-state index in [4.69, 9.17) is 16.3 Å². The molecule has 3 aromatic rings. The Labute approximate surface area is 162 Å². The highest BCUT2D eigenvalue weighted by Gasteiger charge is 2.21. The van der Waals surface area contributed by atoms with Crippen molar-refractivity contribution in [3.63, 3.8) is 0 Å². The van der Waals surface area contributed by atoms with E-state index in [1.807, 2.05) is 0 Å². The molecule has 0 aliphatic heterocycles. The van der Waals surface area contributed by atoms with Crippen molar-refractivity contribution in [2.45, 2.75) is 13.0 Å². The van der Waals surface area contributed by atoms with Gasteiger partial charge in [0.25, 0.3) is 11.6 Å². The number of hydrogen-bond donors (Lipinski definition) is 1. The molecule has 3 rings (SSSR count). The number of nitrogens with zero attached hydrogens (tertiary/aromatic N) is 1. The zero-order valence-electron chi connectivity index (χ0n) is 14.0. The lowest BCUT2D eigenvalue weighted by Gasteiger charge is -2.13. The molecule has 1 N–H and O–H groups in total. The van der Waals surface area contributed by atoms with Gasteiger partial charge in [-0.05, 0) is 43.3 Å². The Hall–Kier alpha value is -2.97. The average Bonchev–Trinajstić information content (AvgIpc) is 3.06. The van der Waals surface area contributed by atoms with Crippen LogP contribution in [0.4, 0.5) is 11.4 Å². The summed E-state index contributed by atoms with van der Waals surface area (Å²) in [7, 11) is 0. The van der Waals surface area contributed by atoms with Gasteiger partial charge in [-0.25, -0.2) is 4.79 Å². The third kappa shape index (κ3) is 4.42. The molecule has 138 valence electrons. The van der Waals surface area contributed by atoms with Crippen LogP contribution in [0, 0.1) is 10.1 Å². The van der Waals surface area contributed by atoms with Gasteiger partial charge in [-0.15, -0.1) is 11.3 Å². The minimum absolute atomic E-state index is 0.0593. The first-order valence-corrected chi connectivity index (χ1v) is 8.98. The lowest BCUT2D eigenvalue weighted by Crippen LogP contribution is -2.29. The summed E-state index contributed by atoms with van der Waals surface area (Å²) < 4.78 is 5.91. The summed E-state index contributed by atoms with van der Waals surface area (Å²) in [4.78, 5) is 35.1. The molecule has 0 unspecified atom stereocenters. The number of carbonyl (C=O) groups is 2. The maximum absolute atomic E-state index is 12.3. The molecular weight excluding hydrogens is 392 g/mol. The Morgan fingerprint density at radius 2 is 1.89 bits per heavy atom. The number of esters is 1. The monoisotopic (exact) mass is 404 g/mol. The van der Waals surface area contributed by atoms with Gasteiger partial charge >= 0.3 is 5.97 Å². The van der Waals surface area contributed by atoms with Crippen molar-refractivity contribution in [1.82, 2.24) is 0 Å². The van der Waals surface area contributed by atoms with Crippen molar-refractivity contribution < 1.29 is 19.2 Å². The summed E-state index contributed by atoms with van der Waals surface area (Å²) in [6.07, 6.45) is -1.02. The molecule has 27 heavy (non-hydrogen) atoms. The van der Waals surface area contributed by atoms with Gasteiger partial charge in [-0.1, -0.05) is 11.6 Å². The second-order valence-electron chi connectivity index (χ2n) is 5.63. The maximum atomic E-state index is 12.3. The van der Waals surface area contributed by atoms with Gasteiger partial charge < -0.3 is 10.1 Å². The second-order valence-corrected chi connectivity index (χ2v) is 7.15. The standard InChI is InChI=1S/C18H13ClN2O5S/c1-10(17(22)20-13-4-2-12(19)3-5-13)26-18(23)16-9-11-8-14(21(24)25)6-7-15(11)27-16/h2-10H,1H3,(H,20,22)/t10-/m1/s1. The van der Waals surface area contributed by atoms with Gasteiger partial charge in [-0.3, -0.25) is 14.9 Å². The minimum Gasteiger partial charge on any atom is -0.448 e. The number of benzene rings is 2. The largest absolute Gasteiger partial charge is 0.448 e. The second kappa shape index (κ2) is 7.73. The van der Waals surface area contributed by atoms with Crippen molar-refractivity contribution in [1.29, 1.82) is 0 Å². The van der Waals surface area contributed by atoms with Gasteiger partial charge in [0.15, 0.2) is 6.10 Å². The summed E-state index contributed by atoms with van der Waals surface area (Å²) in [5.74, 6) is -1.15. The van der Waals surface area contributed by atoms with Gasteiger partial charge in [0, 0.05) is 32.9 Å². The molecule has 0 saturated carbocycles. The highest BCUT2D eigenvalue weighted by molar-refractivity contribution is 7.20. The third-order valence-electron chi connectivity index (χ3n) is 3.68. The van der Waals surface area contributed by atoms with Crippen molar-refractivity contribution >= 4 is 56.3 Å². The number of fused-ring (bicyclic) bond motifs is 1. The van der Waals surface area contributed by atoms with E-state index in [0.29, 0.717) is 20.8 Å². The Morgan fingerprint density at radius 3 is 2.56 bits per heavy atom. The number of rotatable bonds is 5. The Kier molecular flexibility index (Phi) is 5.38. The Bertz CT molecular complexity index is 1030. The van der Waals surface area contributed by atoms with E-state index in [1.165, 1.54) is 25.1 Å². The highest BCUT2D eigenvalue weighted by atomic mass is 35.5. The van der Waals surface area contributed by atoms with E-state index in [2.05, 4.69) is 5.32 Å². The molecule has 1 heterocycles. The number of thiophene rings is 1. The predicted octanol–water partition coefficient (Wildman–Crippen LogP) is 4.65. The van der Waals surface area contributed by atoms with Gasteiger partial charge in [0.05, 0.1) is 4.92 Å². The molecule has 1 aromatic heterocycles. The van der Waals surface area contributed by atoms with Crippen LogP contribution in [-0.4, -0.2) is 22.9 Å². The fraction of sp³-hybridized carbons (Fsp3) is 0.111. The van der Waals surface area contributed by atoms with E-state index >= 15 is 0 Å². The first kappa shape index (κ1) is 18.8. The van der Waals surface area contributed by atoms with Crippen LogP contribution in [0.25, 0.3) is 10.1 Å². The summed E-state index contributed by atoms with van der Waals surface area (Å²) in [6.45, 7) is 1.46. The fourth-order valence-electron chi connectivity index (χ4n) is 2.29. The molecule has 0 aliphatic rings. The van der Waals surface area contributed by atoms with Gasteiger partial charge in [0.1, 0.15) is 4.88 Å². The normalized spacial score (nSPS) is 11.8. The molecule has 0 spiro atoms. The fourth-order valence-corrected chi connectivity index (χ4v) is 3.35. The van der Waals surface area contributed by atoms with Crippen molar-refractivity contribution in [3.05, 3.63) is 68.5 Å². The molecule has 0 bridgehead atoms. The van der Waals surface area contributed by atoms with Crippen molar-refractivity contribution in [3.8, 4) is 0 Å². The first-order chi connectivity index (χ1) is 12.8. The molecule has 0 radical (unpaired) electrons. The molecule has 2 aromatic carbocycles. The zero-order valence-corrected chi connectivity index (χ0v) is 15.5. The first-order valence-electron chi connectivity index (χ1n) is 7.79. The van der Waals surface area contributed by atoms with E-state index in [0.717, 1.165) is 11.3 Å². The van der Waals surface area contributed by atoms with E-state index in [-0.39, 0.29) is 10.6 Å². The topological polar surface area (TPSA) is 98.5 Å². The van der Waals surface area contributed by atoms with Crippen LogP contribution in [-0.2, 0) is 9.53 Å². The number of ether oxygens (including phenoxy) is 1. The number of nitro benzene ring substituents is 1. The van der Waals surface area contributed by atoms with Crippen molar-refractivity contribution in [2.24, 2.45) is 0 Å². The van der Waals surface area contributed by atoms with Crippen LogP contribution in [0.3, 0.4) is 0 Å². The zero-order chi connectivity index (χ0) is 19.6. The SMILES string of the molecule is C[C@@H](OC(=O)c1cc2cc([N+](=O)[O-])ccc2s1)C(=O)Nc1ccc(Cl)cc1. The summed E-state index contributed by atoms with van der Waals surface area (Å²) in [6, 6.07) is 12.4. The quantitative estimate of drug-likeness (QED) is 0.379. The van der Waals surface area contributed by atoms with Gasteiger partial charge in [-0.2, -0.15) is 0 Å². The molecule has 1 amide bonds. The Balaban J connectivity index is 1.68. The van der Waals surface area contributed by atoms with Crippen LogP contribution >= 0.6 is 22.9 Å². The Morgan fingerprint density at radius 1 is 1.19 bits per heavy atom. The molecule has 7 nitrogen and oxygen atoms in total. The van der Waals surface area contributed by atoms with Crippen LogP contribution < -0.4 is 5.32 Å². The number of nitro groups is 1. The van der Waals surface area contributed by atoms with E-state index in [1.54, 1.807) is 30.3 Å². The number of carbonyl (C=O) groups excluding carboxylic acids is 2. The molecule has 9 heteroatoms. The number of amides is 1. The smallest absolute Gasteiger partial charge is 0.349 e. The lowest BCUT2D eigenvalue weighted by molar-refractivity contribution is -0.384. The average molecular weight is 405 g/mol. The molecule has 0 aliphatic carbocycles. The van der Waals surface area contributed by atoms with Crippen LogP contribution in [0.5, 0.6) is 0 Å². The number of anilines is 1. The maximum Gasteiger partial charge on any atom is 0.349 e. The number of nitrogens with one attached hydrogen (secondary N) is 1. The van der Waals surface area contributed by atoms with E-state index in [9.17, 15) is 19.7 Å². The predicted molar refractivity (Wildman–Crippen MR) is 103 cm³/mol. The number of non-ortho nitro benzene ring substituents is 1. The van der Waals surface area contributed by atoms with Crippen LogP contribution in [0.15, 0.2) is 48.5 Å². The summed E-state index contributed by atoms with van der Waals surface area (Å²) in [5, 5.41) is 14.6. The molecule has 0 saturated heterocycles. The number of halogens is 1. The number of hydrogen-bond acceptors (Lipinski definition) is 6. The summed E-state index contributed by atoms with van der Waals surface area (Å²) >= 11 is 6.93. The lowest BCUT2D eigenvalue weighted by atomic mass is 10.2. The van der Waals surface area contributed by atoms with Crippen LogP contribution in [0.1, 0.15) is 16.6 Å². The van der Waals surface area contributed by atoms with Crippen LogP contribution in [0.2, 0.25) is 5.02 Å². The highest BCUT2D eigenvalue weighted by Crippen LogP contribution is 2.29. The molecular formula is C18H13ClN2O5S. The van der Waals surface area contributed by atoms with Gasteiger partial charge in [0.2, 0.25) is 0 Å². The third-order valence-corrected chi connectivity index (χ3v) is 5.02. The van der Waals surface area contributed by atoms with E-state index < -0.39 is 22.9 Å². The summed E-state index contributed by atoms with van der Waals surface area (Å²) in [5.41, 5.74) is 0.470. The minimum atomic E-state index is -1.02. The molecule has 1 atom stereocenters.